The molecule has 1 aliphatic heterocycles. The molecule has 2 nitrogen and oxygen atoms in total. The summed E-state index contributed by atoms with van der Waals surface area (Å²) in [6.07, 6.45) is 0. The molecule has 0 aromatic heterocycles. The fourth-order valence-corrected chi connectivity index (χ4v) is 3.32. The van der Waals surface area contributed by atoms with E-state index in [0.29, 0.717) is 15.6 Å². The molecule has 1 aromatic rings. The van der Waals surface area contributed by atoms with E-state index in [-0.39, 0.29) is 11.8 Å². The predicted octanol–water partition coefficient (Wildman–Crippen LogP) is 3.22. The highest BCUT2D eigenvalue weighted by atomic mass is 35.5. The molecule has 1 atom stereocenters. The molecule has 1 aromatic carbocycles. The second-order valence-electron chi connectivity index (χ2n) is 4.06. The SMILES string of the molecule is CN1CCSCC1C(=O)c1ccc(Cl)c(Cl)c1. The molecule has 0 bridgehead atoms. The summed E-state index contributed by atoms with van der Waals surface area (Å²) in [4.78, 5) is 14.4. The van der Waals surface area contributed by atoms with Crippen LogP contribution in [0, 0.1) is 0 Å². The summed E-state index contributed by atoms with van der Waals surface area (Å²) in [6.45, 7) is 0.947. The van der Waals surface area contributed by atoms with E-state index in [4.69, 9.17) is 23.2 Å². The zero-order valence-electron chi connectivity index (χ0n) is 9.45. The third-order valence-corrected chi connectivity index (χ3v) is 4.66. The third kappa shape index (κ3) is 2.97. The van der Waals surface area contributed by atoms with E-state index in [9.17, 15) is 4.79 Å². The van der Waals surface area contributed by atoms with Gasteiger partial charge in [0.1, 0.15) is 0 Å². The Kier molecular flexibility index (Phi) is 4.36. The van der Waals surface area contributed by atoms with Gasteiger partial charge in [-0.3, -0.25) is 9.69 Å². The third-order valence-electron chi connectivity index (χ3n) is 2.90. The minimum absolute atomic E-state index is 0.0500. The fourth-order valence-electron chi connectivity index (χ4n) is 1.80. The zero-order chi connectivity index (χ0) is 12.4. The van der Waals surface area contributed by atoms with Gasteiger partial charge >= 0.3 is 0 Å². The van der Waals surface area contributed by atoms with Crippen LogP contribution in [0.15, 0.2) is 18.2 Å². The average molecular weight is 290 g/mol. The summed E-state index contributed by atoms with van der Waals surface area (Å²) in [7, 11) is 1.99. The lowest BCUT2D eigenvalue weighted by Gasteiger charge is -2.30. The van der Waals surface area contributed by atoms with Crippen LogP contribution in [0.2, 0.25) is 10.0 Å². The van der Waals surface area contributed by atoms with E-state index in [0.717, 1.165) is 18.1 Å². The predicted molar refractivity (Wildman–Crippen MR) is 74.5 cm³/mol. The molecule has 1 heterocycles. The topological polar surface area (TPSA) is 20.3 Å². The molecule has 1 unspecified atom stereocenters. The maximum atomic E-state index is 12.3. The number of carbonyl (C=O) groups is 1. The molecule has 0 amide bonds. The van der Waals surface area contributed by atoms with Crippen molar-refractivity contribution in [1.29, 1.82) is 0 Å². The van der Waals surface area contributed by atoms with Crippen LogP contribution in [0.25, 0.3) is 0 Å². The molecule has 1 aliphatic rings. The molecule has 0 N–H and O–H groups in total. The summed E-state index contributed by atoms with van der Waals surface area (Å²) in [5.41, 5.74) is 0.638. The van der Waals surface area contributed by atoms with Crippen LogP contribution in [0.3, 0.4) is 0 Å². The van der Waals surface area contributed by atoms with Gasteiger partial charge in [0.05, 0.1) is 16.1 Å². The van der Waals surface area contributed by atoms with E-state index >= 15 is 0 Å². The second kappa shape index (κ2) is 5.61. The number of hydrogen-bond acceptors (Lipinski definition) is 3. The smallest absolute Gasteiger partial charge is 0.180 e. The minimum Gasteiger partial charge on any atom is -0.295 e. The van der Waals surface area contributed by atoms with E-state index in [1.54, 1.807) is 18.2 Å². The highest BCUT2D eigenvalue weighted by Gasteiger charge is 2.27. The van der Waals surface area contributed by atoms with E-state index in [1.165, 1.54) is 0 Å². The van der Waals surface area contributed by atoms with Gasteiger partial charge in [-0.25, -0.2) is 0 Å². The van der Waals surface area contributed by atoms with Gasteiger partial charge in [-0.1, -0.05) is 23.2 Å². The lowest BCUT2D eigenvalue weighted by molar-refractivity contribution is 0.0874. The van der Waals surface area contributed by atoms with Crippen LogP contribution >= 0.6 is 35.0 Å². The Bertz CT molecular complexity index is 439. The van der Waals surface area contributed by atoms with Gasteiger partial charge in [0, 0.05) is 23.6 Å². The molecular formula is C12H13Cl2NOS. The number of rotatable bonds is 2. The molecule has 17 heavy (non-hydrogen) atoms. The van der Waals surface area contributed by atoms with E-state index in [2.05, 4.69) is 4.90 Å². The van der Waals surface area contributed by atoms with Crippen LogP contribution in [0.5, 0.6) is 0 Å². The van der Waals surface area contributed by atoms with Crippen LogP contribution in [0.4, 0.5) is 0 Å². The maximum absolute atomic E-state index is 12.3. The molecule has 5 heteroatoms. The summed E-state index contributed by atoms with van der Waals surface area (Å²) in [5, 5.41) is 0.915. The maximum Gasteiger partial charge on any atom is 0.180 e. The van der Waals surface area contributed by atoms with Crippen molar-refractivity contribution in [3.63, 3.8) is 0 Å². The van der Waals surface area contributed by atoms with Crippen molar-refractivity contribution in [3.8, 4) is 0 Å². The van der Waals surface area contributed by atoms with Crippen molar-refractivity contribution in [2.24, 2.45) is 0 Å². The van der Waals surface area contributed by atoms with Gasteiger partial charge in [-0.15, -0.1) is 0 Å². The van der Waals surface area contributed by atoms with Gasteiger partial charge in [0.2, 0.25) is 0 Å². The van der Waals surface area contributed by atoms with Crippen molar-refractivity contribution >= 4 is 40.7 Å². The molecule has 0 saturated carbocycles. The van der Waals surface area contributed by atoms with Crippen LogP contribution in [0.1, 0.15) is 10.4 Å². The monoisotopic (exact) mass is 289 g/mol. The highest BCUT2D eigenvalue weighted by Crippen LogP contribution is 2.25. The Morgan fingerprint density at radius 3 is 2.82 bits per heavy atom. The Morgan fingerprint density at radius 2 is 2.18 bits per heavy atom. The standard InChI is InChI=1S/C12H13Cl2NOS/c1-15-4-5-17-7-11(15)12(16)8-2-3-9(13)10(14)6-8/h2-3,6,11H,4-5,7H2,1H3. The van der Waals surface area contributed by atoms with Crippen molar-refractivity contribution in [1.82, 2.24) is 4.90 Å². The van der Waals surface area contributed by atoms with Crippen molar-refractivity contribution in [2.45, 2.75) is 6.04 Å². The van der Waals surface area contributed by atoms with Gasteiger partial charge in [-0.05, 0) is 25.2 Å². The number of nitrogens with zero attached hydrogens (tertiary/aromatic N) is 1. The molecule has 1 fully saturated rings. The number of carbonyl (C=O) groups excluding carboxylic acids is 1. The Balaban J connectivity index is 2.21. The summed E-state index contributed by atoms with van der Waals surface area (Å²) >= 11 is 13.6. The van der Waals surface area contributed by atoms with Crippen molar-refractivity contribution in [3.05, 3.63) is 33.8 Å². The van der Waals surface area contributed by atoms with Gasteiger partial charge in [0.25, 0.3) is 0 Å². The van der Waals surface area contributed by atoms with E-state index < -0.39 is 0 Å². The average Bonchev–Trinajstić information content (AvgIpc) is 2.32. The molecule has 0 radical (unpaired) electrons. The first-order chi connectivity index (χ1) is 8.09. The summed E-state index contributed by atoms with van der Waals surface area (Å²) in [5.74, 6) is 2.05. The van der Waals surface area contributed by atoms with Gasteiger partial charge in [-0.2, -0.15) is 11.8 Å². The Labute approximate surface area is 115 Å². The number of likely N-dealkylation sites (N-methyl/N-ethyl adjacent to an activating group) is 1. The van der Waals surface area contributed by atoms with Crippen molar-refractivity contribution in [2.75, 3.05) is 25.1 Å². The summed E-state index contributed by atoms with van der Waals surface area (Å²) in [6, 6.07) is 5.02. The lowest BCUT2D eigenvalue weighted by Crippen LogP contribution is -2.44. The molecular weight excluding hydrogens is 277 g/mol. The van der Waals surface area contributed by atoms with Crippen LogP contribution in [-0.4, -0.2) is 41.8 Å². The zero-order valence-corrected chi connectivity index (χ0v) is 11.8. The molecule has 2 rings (SSSR count). The summed E-state index contributed by atoms with van der Waals surface area (Å²) < 4.78 is 0. The molecule has 0 spiro atoms. The number of ketones is 1. The Hall–Kier alpha value is -0.220. The van der Waals surface area contributed by atoms with E-state index in [1.807, 2.05) is 18.8 Å². The molecule has 0 aliphatic carbocycles. The van der Waals surface area contributed by atoms with Gasteiger partial charge < -0.3 is 0 Å². The van der Waals surface area contributed by atoms with Crippen molar-refractivity contribution < 1.29 is 4.79 Å². The quantitative estimate of drug-likeness (QED) is 0.780. The first kappa shape index (κ1) is 13.2. The number of benzene rings is 1. The minimum atomic E-state index is -0.0500. The largest absolute Gasteiger partial charge is 0.295 e. The number of Topliss-reactive ketones (excluding diaryl/α,β-unsaturated/α-hetero) is 1. The van der Waals surface area contributed by atoms with Gasteiger partial charge in [0.15, 0.2) is 5.78 Å². The fraction of sp³-hybridized carbons (Fsp3) is 0.417. The number of halogens is 2. The normalized spacial score (nSPS) is 21.5. The molecule has 92 valence electrons. The van der Waals surface area contributed by atoms with Crippen LogP contribution in [-0.2, 0) is 0 Å². The molecule has 1 saturated heterocycles. The second-order valence-corrected chi connectivity index (χ2v) is 6.03. The number of thioether (sulfide) groups is 1. The lowest BCUT2D eigenvalue weighted by atomic mass is 10.0. The Morgan fingerprint density at radius 1 is 1.41 bits per heavy atom. The first-order valence-corrected chi connectivity index (χ1v) is 7.28. The highest BCUT2D eigenvalue weighted by molar-refractivity contribution is 7.99. The van der Waals surface area contributed by atoms with Crippen LogP contribution < -0.4 is 0 Å². The number of hydrogen-bond donors (Lipinski definition) is 0. The first-order valence-electron chi connectivity index (χ1n) is 5.37.